The van der Waals surface area contributed by atoms with Gasteiger partial charge in [-0.2, -0.15) is 0 Å². The molecule has 0 radical (unpaired) electrons. The van der Waals surface area contributed by atoms with E-state index in [4.69, 9.17) is 0 Å². The molecule has 1 fully saturated rings. The highest BCUT2D eigenvalue weighted by molar-refractivity contribution is 4.77. The summed E-state index contributed by atoms with van der Waals surface area (Å²) >= 11 is 0. The molecular weight excluding hydrogens is 188 g/mol. The molecule has 15 heavy (non-hydrogen) atoms. The normalized spacial score (nSPS) is 30.4. The van der Waals surface area contributed by atoms with Crippen molar-refractivity contribution in [1.29, 1.82) is 0 Å². The zero-order valence-corrected chi connectivity index (χ0v) is 10.4. The number of likely N-dealkylation sites (N-methyl/N-ethyl adjacent to an activating group) is 1. The third kappa shape index (κ3) is 4.49. The van der Waals surface area contributed by atoms with Crippen LogP contribution in [0.4, 0.5) is 0 Å². The van der Waals surface area contributed by atoms with Crippen molar-refractivity contribution in [2.45, 2.75) is 33.3 Å². The summed E-state index contributed by atoms with van der Waals surface area (Å²) in [4.78, 5) is 2.40. The fourth-order valence-electron chi connectivity index (χ4n) is 2.19. The van der Waals surface area contributed by atoms with E-state index in [2.05, 4.69) is 31.0 Å². The molecule has 1 rings (SSSR count). The first-order valence-corrected chi connectivity index (χ1v) is 6.24. The molecule has 0 saturated carbocycles. The summed E-state index contributed by atoms with van der Waals surface area (Å²) in [5, 5.41) is 13.0. The average molecular weight is 214 g/mol. The number of hydrogen-bond donors (Lipinski definition) is 2. The van der Waals surface area contributed by atoms with E-state index in [0.29, 0.717) is 0 Å². The first kappa shape index (κ1) is 12.9. The molecule has 1 aliphatic heterocycles. The van der Waals surface area contributed by atoms with Crippen molar-refractivity contribution in [3.05, 3.63) is 0 Å². The highest BCUT2D eigenvalue weighted by Crippen LogP contribution is 2.22. The summed E-state index contributed by atoms with van der Waals surface area (Å²) in [6, 6.07) is 0. The maximum Gasteiger partial charge on any atom is 0.0791 e. The van der Waals surface area contributed by atoms with Crippen LogP contribution in [-0.4, -0.2) is 48.8 Å². The lowest BCUT2D eigenvalue weighted by Crippen LogP contribution is -2.44. The number of β-amino-alcohol motifs (C(OH)–C–C–N with tert-alkyl or cyclic N) is 1. The van der Waals surface area contributed by atoms with Gasteiger partial charge in [0.1, 0.15) is 0 Å². The second-order valence-corrected chi connectivity index (χ2v) is 4.96. The number of nitrogens with one attached hydrogen (secondary N) is 1. The van der Waals surface area contributed by atoms with E-state index >= 15 is 0 Å². The summed E-state index contributed by atoms with van der Waals surface area (Å²) in [7, 11) is 0. The van der Waals surface area contributed by atoms with Gasteiger partial charge in [-0.05, 0) is 31.3 Å². The smallest absolute Gasteiger partial charge is 0.0791 e. The van der Waals surface area contributed by atoms with E-state index in [9.17, 15) is 5.11 Å². The Labute approximate surface area is 93.9 Å². The fourth-order valence-corrected chi connectivity index (χ4v) is 2.19. The Morgan fingerprint density at radius 3 is 2.73 bits per heavy atom. The zero-order chi connectivity index (χ0) is 11.3. The lowest BCUT2D eigenvalue weighted by atomic mass is 9.88. The molecule has 1 saturated heterocycles. The Hall–Kier alpha value is -0.120. The quantitative estimate of drug-likeness (QED) is 0.715. The van der Waals surface area contributed by atoms with Gasteiger partial charge in [-0.3, -0.25) is 0 Å². The molecular formula is C12H26N2O. The summed E-state index contributed by atoms with van der Waals surface area (Å²) in [5.41, 5.74) is 0. The molecule has 2 N–H and O–H groups in total. The maximum atomic E-state index is 9.78. The molecule has 0 aliphatic carbocycles. The minimum Gasteiger partial charge on any atom is -0.390 e. The van der Waals surface area contributed by atoms with Crippen molar-refractivity contribution in [1.82, 2.24) is 10.2 Å². The van der Waals surface area contributed by atoms with Gasteiger partial charge >= 0.3 is 0 Å². The van der Waals surface area contributed by atoms with Crippen LogP contribution >= 0.6 is 0 Å². The predicted octanol–water partition coefficient (Wildman–Crippen LogP) is 0.935. The minimum atomic E-state index is -0.217. The first-order chi connectivity index (χ1) is 7.13. The van der Waals surface area contributed by atoms with Crippen molar-refractivity contribution < 1.29 is 5.11 Å². The van der Waals surface area contributed by atoms with Gasteiger partial charge in [0.05, 0.1) is 6.10 Å². The molecule has 0 aromatic heterocycles. The molecule has 90 valence electrons. The van der Waals surface area contributed by atoms with Gasteiger partial charge in [-0.25, -0.2) is 0 Å². The Morgan fingerprint density at radius 1 is 1.40 bits per heavy atom. The second-order valence-electron chi connectivity index (χ2n) is 4.96. The van der Waals surface area contributed by atoms with Crippen LogP contribution < -0.4 is 5.32 Å². The Bertz CT molecular complexity index is 175. The minimum absolute atomic E-state index is 0.217. The van der Waals surface area contributed by atoms with Gasteiger partial charge in [-0.15, -0.1) is 0 Å². The highest BCUT2D eigenvalue weighted by atomic mass is 16.3. The third-order valence-corrected chi connectivity index (χ3v) is 3.52. The molecule has 3 heteroatoms. The van der Waals surface area contributed by atoms with Crippen molar-refractivity contribution in [2.24, 2.45) is 11.8 Å². The first-order valence-electron chi connectivity index (χ1n) is 6.24. The van der Waals surface area contributed by atoms with Gasteiger partial charge in [0.15, 0.2) is 0 Å². The van der Waals surface area contributed by atoms with Crippen molar-refractivity contribution in [3.63, 3.8) is 0 Å². The van der Waals surface area contributed by atoms with Crippen molar-refractivity contribution >= 4 is 0 Å². The van der Waals surface area contributed by atoms with E-state index in [1.54, 1.807) is 0 Å². The van der Waals surface area contributed by atoms with Crippen LogP contribution in [0.3, 0.4) is 0 Å². The number of aliphatic hydroxyl groups excluding tert-OH is 1. The molecule has 0 bridgehead atoms. The average Bonchev–Trinajstić information content (AvgIpc) is 2.20. The number of aliphatic hydroxyl groups is 1. The van der Waals surface area contributed by atoms with E-state index in [0.717, 1.165) is 44.6 Å². The second kappa shape index (κ2) is 6.46. The molecule has 3 unspecified atom stereocenters. The fraction of sp³-hybridized carbons (Fsp3) is 1.00. The monoisotopic (exact) mass is 214 g/mol. The SMILES string of the molecule is CCNCC(O)CN1CCC(C)C(C)C1. The molecule has 3 atom stereocenters. The lowest BCUT2D eigenvalue weighted by molar-refractivity contribution is 0.0708. The number of likely N-dealkylation sites (tertiary alicyclic amines) is 1. The molecule has 0 aromatic rings. The van der Waals surface area contributed by atoms with E-state index in [-0.39, 0.29) is 6.10 Å². The molecule has 0 aromatic carbocycles. The topological polar surface area (TPSA) is 35.5 Å². The predicted molar refractivity (Wildman–Crippen MR) is 63.9 cm³/mol. The molecule has 0 amide bonds. The molecule has 1 heterocycles. The van der Waals surface area contributed by atoms with E-state index < -0.39 is 0 Å². The van der Waals surface area contributed by atoms with Crippen LogP contribution in [0.2, 0.25) is 0 Å². The summed E-state index contributed by atoms with van der Waals surface area (Å²) in [6.45, 7) is 11.5. The number of nitrogens with zero attached hydrogens (tertiary/aromatic N) is 1. The largest absolute Gasteiger partial charge is 0.390 e. The van der Waals surface area contributed by atoms with Crippen LogP contribution in [0.25, 0.3) is 0 Å². The van der Waals surface area contributed by atoms with Crippen LogP contribution in [0, 0.1) is 11.8 Å². The Morgan fingerprint density at radius 2 is 2.13 bits per heavy atom. The van der Waals surface area contributed by atoms with Crippen LogP contribution in [0.1, 0.15) is 27.2 Å². The standard InChI is InChI=1S/C12H26N2O/c1-4-13-7-12(15)9-14-6-5-10(2)11(3)8-14/h10-13,15H,4-9H2,1-3H3. The number of piperidine rings is 1. The number of hydrogen-bond acceptors (Lipinski definition) is 3. The van der Waals surface area contributed by atoms with Crippen LogP contribution in [0.5, 0.6) is 0 Å². The Balaban J connectivity index is 2.21. The third-order valence-electron chi connectivity index (χ3n) is 3.52. The van der Waals surface area contributed by atoms with Gasteiger partial charge < -0.3 is 15.3 Å². The zero-order valence-electron chi connectivity index (χ0n) is 10.4. The van der Waals surface area contributed by atoms with Crippen LogP contribution in [0.15, 0.2) is 0 Å². The Kier molecular flexibility index (Phi) is 5.58. The highest BCUT2D eigenvalue weighted by Gasteiger charge is 2.23. The van der Waals surface area contributed by atoms with Gasteiger partial charge in [0.2, 0.25) is 0 Å². The summed E-state index contributed by atoms with van der Waals surface area (Å²) < 4.78 is 0. The van der Waals surface area contributed by atoms with Crippen LogP contribution in [-0.2, 0) is 0 Å². The van der Waals surface area contributed by atoms with Crippen molar-refractivity contribution in [3.8, 4) is 0 Å². The summed E-state index contributed by atoms with van der Waals surface area (Å²) in [6.07, 6.45) is 1.06. The van der Waals surface area contributed by atoms with Crippen molar-refractivity contribution in [2.75, 3.05) is 32.7 Å². The van der Waals surface area contributed by atoms with Gasteiger partial charge in [0.25, 0.3) is 0 Å². The van der Waals surface area contributed by atoms with E-state index in [1.165, 1.54) is 6.42 Å². The molecule has 0 spiro atoms. The summed E-state index contributed by atoms with van der Waals surface area (Å²) in [5.74, 6) is 1.61. The molecule has 1 aliphatic rings. The van der Waals surface area contributed by atoms with Gasteiger partial charge in [0, 0.05) is 19.6 Å². The van der Waals surface area contributed by atoms with E-state index in [1.807, 2.05) is 0 Å². The van der Waals surface area contributed by atoms with Gasteiger partial charge in [-0.1, -0.05) is 20.8 Å². The lowest BCUT2D eigenvalue weighted by Gasteiger charge is -2.36. The molecule has 3 nitrogen and oxygen atoms in total. The number of rotatable bonds is 5. The maximum absolute atomic E-state index is 9.78.